The summed E-state index contributed by atoms with van der Waals surface area (Å²) in [6, 6.07) is 28.0. The highest BCUT2D eigenvalue weighted by molar-refractivity contribution is 6.05. The van der Waals surface area contributed by atoms with Gasteiger partial charge in [-0.1, -0.05) is 36.4 Å². The molecule has 0 radical (unpaired) electrons. The predicted molar refractivity (Wildman–Crippen MR) is 245 cm³/mol. The number of amides is 5. The van der Waals surface area contributed by atoms with Gasteiger partial charge in [-0.05, 0) is 127 Å². The molecule has 0 bridgehead atoms. The average Bonchev–Trinajstić information content (AvgIpc) is 3.65. The fourth-order valence-electron chi connectivity index (χ4n) is 9.56. The lowest BCUT2D eigenvalue weighted by atomic mass is 9.96. The fraction of sp³-hybridized carbons (Fsp3) is 0.353. The molecule has 5 amide bonds. The molecule has 5 aromatic carbocycles. The molecular weight excluding hydrogens is 864 g/mol. The number of rotatable bonds is 13. The van der Waals surface area contributed by atoms with Crippen LogP contribution in [0.1, 0.15) is 68.7 Å². The highest BCUT2D eigenvalue weighted by atomic mass is 19.4. The number of anilines is 1. The molecule has 0 aliphatic carbocycles. The summed E-state index contributed by atoms with van der Waals surface area (Å²) in [5.74, 6) is 0.131. The topological polar surface area (TPSA) is 144 Å². The summed E-state index contributed by atoms with van der Waals surface area (Å²) in [5, 5.41) is 9.84. The Balaban J connectivity index is 0.676. The number of hydrogen-bond donors (Lipinski definition) is 3. The largest absolute Gasteiger partial charge is 0.457 e. The zero-order chi connectivity index (χ0) is 46.7. The van der Waals surface area contributed by atoms with Gasteiger partial charge in [0.15, 0.2) is 0 Å². The van der Waals surface area contributed by atoms with E-state index in [-0.39, 0.29) is 42.3 Å². The minimum Gasteiger partial charge on any atom is -0.457 e. The summed E-state index contributed by atoms with van der Waals surface area (Å²) in [7, 11) is 0. The van der Waals surface area contributed by atoms with E-state index in [4.69, 9.17) is 4.74 Å². The molecule has 4 heterocycles. The summed E-state index contributed by atoms with van der Waals surface area (Å²) < 4.78 is 44.9. The number of alkyl halides is 3. The maximum absolute atomic E-state index is 13.2. The lowest BCUT2D eigenvalue weighted by Gasteiger charge is -2.39. The van der Waals surface area contributed by atoms with Gasteiger partial charge in [-0.15, -0.1) is 0 Å². The van der Waals surface area contributed by atoms with Gasteiger partial charge in [0.25, 0.3) is 11.8 Å². The second kappa shape index (κ2) is 19.6. The summed E-state index contributed by atoms with van der Waals surface area (Å²) in [6.45, 7) is 7.77. The van der Waals surface area contributed by atoms with Crippen LogP contribution in [0, 0.1) is 5.92 Å². The van der Waals surface area contributed by atoms with Crippen molar-refractivity contribution in [3.05, 3.63) is 137 Å². The van der Waals surface area contributed by atoms with E-state index >= 15 is 0 Å². The maximum atomic E-state index is 13.2. The van der Waals surface area contributed by atoms with Crippen LogP contribution in [0.25, 0.3) is 10.8 Å². The Morgan fingerprint density at radius 1 is 0.746 bits per heavy atom. The maximum Gasteiger partial charge on any atom is 0.416 e. The summed E-state index contributed by atoms with van der Waals surface area (Å²) >= 11 is 0. The van der Waals surface area contributed by atoms with E-state index in [0.29, 0.717) is 54.2 Å². The number of carbonyl (C=O) groups is 5. The number of nitrogens with one attached hydrogen (secondary N) is 3. The van der Waals surface area contributed by atoms with Gasteiger partial charge in [-0.25, -0.2) is 0 Å². The molecule has 3 N–H and O–H groups in total. The summed E-state index contributed by atoms with van der Waals surface area (Å²) in [5.41, 5.74) is 4.12. The van der Waals surface area contributed by atoms with Crippen molar-refractivity contribution in [3.8, 4) is 11.5 Å². The van der Waals surface area contributed by atoms with Crippen molar-refractivity contribution in [1.82, 2.24) is 30.7 Å². The highest BCUT2D eigenvalue weighted by Crippen LogP contribution is 2.35. The summed E-state index contributed by atoms with van der Waals surface area (Å²) in [6.07, 6.45) is -1.79. The molecule has 0 aromatic heterocycles. The lowest BCUT2D eigenvalue weighted by molar-refractivity contribution is -0.138. The van der Waals surface area contributed by atoms with E-state index < -0.39 is 23.7 Å². The number of benzene rings is 5. The van der Waals surface area contributed by atoms with Crippen molar-refractivity contribution < 1.29 is 41.9 Å². The molecule has 3 fully saturated rings. The second-order valence-corrected chi connectivity index (χ2v) is 17.8. The van der Waals surface area contributed by atoms with Crippen LogP contribution in [0.5, 0.6) is 11.5 Å². The predicted octanol–water partition coefficient (Wildman–Crippen LogP) is 6.49. The van der Waals surface area contributed by atoms with Gasteiger partial charge in [0, 0.05) is 81.0 Å². The van der Waals surface area contributed by atoms with Crippen LogP contribution in [0.3, 0.4) is 0 Å². The first-order valence-corrected chi connectivity index (χ1v) is 22.8. The summed E-state index contributed by atoms with van der Waals surface area (Å²) in [4.78, 5) is 72.1. The zero-order valence-corrected chi connectivity index (χ0v) is 36.9. The molecule has 13 nitrogen and oxygen atoms in total. The third-order valence-corrected chi connectivity index (χ3v) is 13.3. The molecule has 4 aliphatic rings. The van der Waals surface area contributed by atoms with Crippen molar-refractivity contribution in [2.24, 2.45) is 5.92 Å². The van der Waals surface area contributed by atoms with Gasteiger partial charge in [-0.2, -0.15) is 13.2 Å². The van der Waals surface area contributed by atoms with Gasteiger partial charge in [0.05, 0.1) is 12.1 Å². The number of carbonyl (C=O) groups excluding carboxylic acids is 5. The Morgan fingerprint density at radius 3 is 2.21 bits per heavy atom. The Bertz CT molecular complexity index is 2680. The molecule has 3 saturated heterocycles. The van der Waals surface area contributed by atoms with Gasteiger partial charge < -0.3 is 25.2 Å². The minimum atomic E-state index is -4.44. The van der Waals surface area contributed by atoms with Crippen molar-refractivity contribution in [3.63, 3.8) is 0 Å². The van der Waals surface area contributed by atoms with E-state index in [9.17, 15) is 37.1 Å². The van der Waals surface area contributed by atoms with Crippen molar-refractivity contribution in [2.75, 3.05) is 57.3 Å². The van der Waals surface area contributed by atoms with Crippen molar-refractivity contribution in [1.29, 1.82) is 0 Å². The average molecular weight is 916 g/mol. The highest BCUT2D eigenvalue weighted by Gasteiger charge is 2.39. The number of likely N-dealkylation sites (tertiary alicyclic amines) is 1. The molecular formula is C51H52F3N7O6. The van der Waals surface area contributed by atoms with Crippen LogP contribution in [0.4, 0.5) is 18.9 Å². The Hall–Kier alpha value is -6.78. The Labute approximate surface area is 386 Å². The van der Waals surface area contributed by atoms with Crippen LogP contribution < -0.4 is 25.6 Å². The molecule has 348 valence electrons. The SMILES string of the molecule is O=C(CN1CCC(CN2CCN(c3ccc4c(c3)CN(C3CCC(=O)NC3=O)C4=O)CC2)CC1)NCc1cccc(CNC(=O)c2ccc3c(Oc4ccc(C(F)(F)F)cc4)cccc3c2)c1. The second-order valence-electron chi connectivity index (χ2n) is 17.8. The van der Waals surface area contributed by atoms with Crippen LogP contribution >= 0.6 is 0 Å². The smallest absolute Gasteiger partial charge is 0.416 e. The Kier molecular flexibility index (Phi) is 13.3. The normalized spacial score (nSPS) is 18.5. The van der Waals surface area contributed by atoms with Crippen LogP contribution in [0.2, 0.25) is 0 Å². The first-order chi connectivity index (χ1) is 32.3. The fourth-order valence-corrected chi connectivity index (χ4v) is 9.56. The van der Waals surface area contributed by atoms with Gasteiger partial charge in [-0.3, -0.25) is 39.1 Å². The van der Waals surface area contributed by atoms with Gasteiger partial charge >= 0.3 is 6.18 Å². The van der Waals surface area contributed by atoms with Gasteiger partial charge in [0.2, 0.25) is 17.7 Å². The number of ether oxygens (including phenoxy) is 1. The zero-order valence-electron chi connectivity index (χ0n) is 36.9. The minimum absolute atomic E-state index is 0.0305. The number of hydrogen-bond acceptors (Lipinski definition) is 9. The van der Waals surface area contributed by atoms with Crippen LogP contribution in [-0.4, -0.2) is 103 Å². The molecule has 67 heavy (non-hydrogen) atoms. The third-order valence-electron chi connectivity index (χ3n) is 13.3. The third kappa shape index (κ3) is 10.8. The standard InChI is InChI=1S/C51H52F3N7O6/c52-51(53,54)39-8-11-41(12-9-39)67-45-6-2-5-36-26-37(7-13-42(36)45)48(64)56-29-35-4-1-3-34(25-35)28-55-47(63)32-58-19-17-33(18-20-58)30-59-21-23-60(24-22-59)40-10-14-43-38(27-40)31-61(50(43)66)44-15-16-46(62)57-49(44)65/h1-14,25-27,33,44H,15-24,28-32H2,(H,55,63)(H,56,64)(H,57,62,65). The van der Waals surface area contributed by atoms with E-state index in [2.05, 4.69) is 36.7 Å². The molecule has 0 spiro atoms. The van der Waals surface area contributed by atoms with Crippen LogP contribution in [0.15, 0.2) is 103 Å². The quantitative estimate of drug-likeness (QED) is 0.113. The molecule has 4 aliphatic heterocycles. The Morgan fingerprint density at radius 2 is 1.48 bits per heavy atom. The molecule has 1 unspecified atom stereocenters. The first-order valence-electron chi connectivity index (χ1n) is 22.8. The number of piperidine rings is 2. The molecule has 1 atom stereocenters. The van der Waals surface area contributed by atoms with E-state index in [1.807, 2.05) is 42.5 Å². The number of nitrogens with zero attached hydrogens (tertiary/aromatic N) is 4. The lowest BCUT2D eigenvalue weighted by Crippen LogP contribution is -2.52. The van der Waals surface area contributed by atoms with E-state index in [1.165, 1.54) is 12.1 Å². The van der Waals surface area contributed by atoms with E-state index in [0.717, 1.165) is 98.6 Å². The van der Waals surface area contributed by atoms with Crippen molar-refractivity contribution in [2.45, 2.75) is 57.5 Å². The number of imide groups is 1. The molecule has 9 rings (SSSR count). The number of halogens is 3. The van der Waals surface area contributed by atoms with Crippen LogP contribution in [-0.2, 0) is 40.2 Å². The number of fused-ring (bicyclic) bond motifs is 2. The molecule has 16 heteroatoms. The number of piperazine rings is 1. The first kappa shape index (κ1) is 45.4. The van der Waals surface area contributed by atoms with Gasteiger partial charge in [0.1, 0.15) is 17.5 Å². The molecule has 0 saturated carbocycles. The van der Waals surface area contributed by atoms with E-state index in [1.54, 1.807) is 35.2 Å². The van der Waals surface area contributed by atoms with Crippen molar-refractivity contribution >= 4 is 46.0 Å². The monoisotopic (exact) mass is 915 g/mol. The molecule has 5 aromatic rings.